The van der Waals surface area contributed by atoms with Crippen LogP contribution in [0, 0.1) is 0 Å². The standard InChI is InChI=1S/C26H27Br3N4O5/c1-4-15(2)25-31-19-6-5-17(27)12-18(19)26(35)33(25)30-13-16-11-20(36-3)24(23(29)22(16)28)38-14-21(34)32-7-9-37-10-8-32/h5-6,11-13,15H,4,7-10,14H2,1-3H3/t15-/m1/s1. The Hall–Kier alpha value is -2.28. The van der Waals surface area contributed by atoms with Crippen LogP contribution in [0.3, 0.4) is 0 Å². The summed E-state index contributed by atoms with van der Waals surface area (Å²) in [7, 11) is 1.52. The number of fused-ring (bicyclic) bond motifs is 1. The molecule has 0 aliphatic carbocycles. The lowest BCUT2D eigenvalue weighted by molar-refractivity contribution is -0.137. The Bertz CT molecular complexity index is 1440. The molecule has 0 N–H and O–H groups in total. The molecule has 0 bridgehead atoms. The van der Waals surface area contributed by atoms with Gasteiger partial charge >= 0.3 is 0 Å². The molecule has 2 heterocycles. The maximum Gasteiger partial charge on any atom is 0.282 e. The molecule has 202 valence electrons. The normalized spacial score (nSPS) is 14.7. The molecule has 0 spiro atoms. The van der Waals surface area contributed by atoms with Gasteiger partial charge in [-0.15, -0.1) is 0 Å². The lowest BCUT2D eigenvalue weighted by Crippen LogP contribution is -2.43. The molecule has 2 aromatic carbocycles. The van der Waals surface area contributed by atoms with Gasteiger partial charge in [-0.2, -0.15) is 9.78 Å². The fourth-order valence-electron chi connectivity index (χ4n) is 3.92. The number of rotatable bonds is 8. The highest BCUT2D eigenvalue weighted by Crippen LogP contribution is 2.42. The number of halogens is 3. The second-order valence-electron chi connectivity index (χ2n) is 8.71. The quantitative estimate of drug-likeness (QED) is 0.293. The molecule has 1 saturated heterocycles. The van der Waals surface area contributed by atoms with Crippen LogP contribution >= 0.6 is 47.8 Å². The Morgan fingerprint density at radius 3 is 2.63 bits per heavy atom. The molecular formula is C26H27Br3N4O5. The van der Waals surface area contributed by atoms with E-state index >= 15 is 0 Å². The van der Waals surface area contributed by atoms with Gasteiger partial charge in [0.25, 0.3) is 11.5 Å². The first kappa shape index (κ1) is 28.7. The first-order valence-electron chi connectivity index (χ1n) is 12.1. The first-order valence-corrected chi connectivity index (χ1v) is 14.4. The SMILES string of the molecule is CC[C@@H](C)c1nc2ccc(Br)cc2c(=O)n1N=Cc1cc(OC)c(OCC(=O)N2CCOCC2)c(Br)c1Br. The summed E-state index contributed by atoms with van der Waals surface area (Å²) < 4.78 is 20.1. The van der Waals surface area contributed by atoms with Crippen LogP contribution in [0.15, 0.2) is 47.6 Å². The second kappa shape index (κ2) is 12.7. The molecule has 0 radical (unpaired) electrons. The van der Waals surface area contributed by atoms with Crippen molar-refractivity contribution in [2.45, 2.75) is 26.2 Å². The van der Waals surface area contributed by atoms with Gasteiger partial charge < -0.3 is 19.1 Å². The number of hydrogen-bond donors (Lipinski definition) is 0. The maximum atomic E-state index is 13.4. The van der Waals surface area contributed by atoms with Gasteiger partial charge in [-0.25, -0.2) is 4.98 Å². The number of methoxy groups -OCH3 is 1. The Balaban J connectivity index is 1.68. The van der Waals surface area contributed by atoms with E-state index in [1.807, 2.05) is 26.0 Å². The van der Waals surface area contributed by atoms with E-state index in [0.717, 1.165) is 10.9 Å². The Morgan fingerprint density at radius 1 is 1.21 bits per heavy atom. The van der Waals surface area contributed by atoms with E-state index in [9.17, 15) is 9.59 Å². The van der Waals surface area contributed by atoms with Gasteiger partial charge in [0.15, 0.2) is 18.1 Å². The molecule has 4 rings (SSSR count). The molecule has 1 aromatic heterocycles. The van der Waals surface area contributed by atoms with Crippen LogP contribution in [0.2, 0.25) is 0 Å². The van der Waals surface area contributed by atoms with Crippen LogP contribution in [0.4, 0.5) is 0 Å². The third kappa shape index (κ3) is 6.13. The minimum Gasteiger partial charge on any atom is -0.493 e. The monoisotopic (exact) mass is 712 g/mol. The molecule has 1 aliphatic rings. The zero-order valence-electron chi connectivity index (χ0n) is 21.2. The lowest BCUT2D eigenvalue weighted by Gasteiger charge is -2.27. The van der Waals surface area contributed by atoms with Crippen molar-refractivity contribution in [2.24, 2.45) is 5.10 Å². The van der Waals surface area contributed by atoms with E-state index in [1.165, 1.54) is 11.8 Å². The Labute approximate surface area is 245 Å². The van der Waals surface area contributed by atoms with Gasteiger partial charge in [0.1, 0.15) is 5.82 Å². The summed E-state index contributed by atoms with van der Waals surface area (Å²) in [6, 6.07) is 7.16. The van der Waals surface area contributed by atoms with Crippen LogP contribution in [0.5, 0.6) is 11.5 Å². The first-order chi connectivity index (χ1) is 18.2. The summed E-state index contributed by atoms with van der Waals surface area (Å²) >= 11 is 10.6. The largest absolute Gasteiger partial charge is 0.493 e. The molecule has 1 atom stereocenters. The fraction of sp³-hybridized carbons (Fsp3) is 0.385. The summed E-state index contributed by atoms with van der Waals surface area (Å²) in [5.41, 5.74) is 1.00. The van der Waals surface area contributed by atoms with Crippen LogP contribution < -0.4 is 15.0 Å². The van der Waals surface area contributed by atoms with Crippen molar-refractivity contribution in [3.63, 3.8) is 0 Å². The summed E-state index contributed by atoms with van der Waals surface area (Å²) in [6.07, 6.45) is 2.36. The number of aromatic nitrogens is 2. The van der Waals surface area contributed by atoms with Crippen LogP contribution in [0.1, 0.15) is 37.6 Å². The van der Waals surface area contributed by atoms with E-state index in [0.29, 0.717) is 69.0 Å². The van der Waals surface area contributed by atoms with E-state index in [2.05, 4.69) is 52.9 Å². The van der Waals surface area contributed by atoms with Crippen molar-refractivity contribution in [1.29, 1.82) is 0 Å². The number of amides is 1. The van der Waals surface area contributed by atoms with Crippen LogP contribution in [0.25, 0.3) is 10.9 Å². The zero-order chi connectivity index (χ0) is 27.4. The van der Waals surface area contributed by atoms with E-state index in [-0.39, 0.29) is 24.0 Å². The van der Waals surface area contributed by atoms with E-state index in [1.54, 1.807) is 23.2 Å². The number of morpholine rings is 1. The van der Waals surface area contributed by atoms with Crippen molar-refractivity contribution in [3.8, 4) is 11.5 Å². The second-order valence-corrected chi connectivity index (χ2v) is 11.2. The topological polar surface area (TPSA) is 95.2 Å². The third-order valence-electron chi connectivity index (χ3n) is 6.28. The van der Waals surface area contributed by atoms with Crippen LogP contribution in [-0.2, 0) is 9.53 Å². The predicted molar refractivity (Wildman–Crippen MR) is 157 cm³/mol. The fourth-order valence-corrected chi connectivity index (χ4v) is 5.22. The Morgan fingerprint density at radius 2 is 1.95 bits per heavy atom. The highest BCUT2D eigenvalue weighted by atomic mass is 79.9. The smallest absolute Gasteiger partial charge is 0.282 e. The van der Waals surface area contributed by atoms with Gasteiger partial charge in [-0.05, 0) is 62.5 Å². The summed E-state index contributed by atoms with van der Waals surface area (Å²) in [6.45, 7) is 6.03. The molecule has 1 aliphatic heterocycles. The van der Waals surface area contributed by atoms with Gasteiger partial charge in [0.05, 0.1) is 41.9 Å². The zero-order valence-corrected chi connectivity index (χ0v) is 25.9. The molecule has 0 saturated carbocycles. The number of hydrogen-bond acceptors (Lipinski definition) is 7. The molecule has 0 unspecified atom stereocenters. The van der Waals surface area contributed by atoms with Gasteiger partial charge in [0, 0.05) is 33.5 Å². The van der Waals surface area contributed by atoms with Crippen molar-refractivity contribution in [3.05, 3.63) is 59.4 Å². The lowest BCUT2D eigenvalue weighted by atomic mass is 10.1. The van der Waals surface area contributed by atoms with Gasteiger partial charge in [0.2, 0.25) is 0 Å². The van der Waals surface area contributed by atoms with Crippen LogP contribution in [-0.4, -0.2) is 66.7 Å². The number of carbonyl (C=O) groups is 1. The number of nitrogens with zero attached hydrogens (tertiary/aromatic N) is 4. The van der Waals surface area contributed by atoms with E-state index < -0.39 is 0 Å². The third-order valence-corrected chi connectivity index (χ3v) is 8.91. The van der Waals surface area contributed by atoms with Crippen molar-refractivity contribution in [2.75, 3.05) is 40.0 Å². The summed E-state index contributed by atoms with van der Waals surface area (Å²) in [5.74, 6) is 1.25. The predicted octanol–water partition coefficient (Wildman–Crippen LogP) is 5.33. The molecular weight excluding hydrogens is 688 g/mol. The minimum absolute atomic E-state index is 0.0115. The van der Waals surface area contributed by atoms with Crippen molar-refractivity contribution in [1.82, 2.24) is 14.6 Å². The molecule has 3 aromatic rings. The Kier molecular flexibility index (Phi) is 9.61. The number of ether oxygens (including phenoxy) is 3. The number of carbonyl (C=O) groups excluding carboxylic acids is 1. The highest BCUT2D eigenvalue weighted by Gasteiger charge is 2.22. The molecule has 1 amide bonds. The van der Waals surface area contributed by atoms with Gasteiger partial charge in [-0.3, -0.25) is 9.59 Å². The molecule has 12 heteroatoms. The average molecular weight is 715 g/mol. The molecule has 1 fully saturated rings. The summed E-state index contributed by atoms with van der Waals surface area (Å²) in [4.78, 5) is 32.5. The van der Waals surface area contributed by atoms with Gasteiger partial charge in [-0.1, -0.05) is 29.8 Å². The van der Waals surface area contributed by atoms with E-state index in [4.69, 9.17) is 19.2 Å². The van der Waals surface area contributed by atoms with Crippen molar-refractivity contribution >= 4 is 70.8 Å². The average Bonchev–Trinajstić information content (AvgIpc) is 2.93. The number of benzene rings is 2. The summed E-state index contributed by atoms with van der Waals surface area (Å²) in [5, 5.41) is 5.02. The van der Waals surface area contributed by atoms with Crippen molar-refractivity contribution < 1.29 is 19.0 Å². The maximum absolute atomic E-state index is 13.4. The minimum atomic E-state index is -0.258. The highest BCUT2D eigenvalue weighted by molar-refractivity contribution is 9.13. The molecule has 9 nitrogen and oxygen atoms in total. The molecule has 38 heavy (non-hydrogen) atoms.